The zero-order chi connectivity index (χ0) is 13.9. The average Bonchev–Trinajstić information content (AvgIpc) is 2.35. The molecule has 0 bridgehead atoms. The molecule has 0 radical (unpaired) electrons. The SMILES string of the molecule is COC1C(C(C)=O)OC(C(C)=O)C(OC)C1OC. The number of Topliss-reactive ketones (excluding diaryl/α,β-unsaturated/α-hetero) is 2. The van der Waals surface area contributed by atoms with Gasteiger partial charge in [-0.1, -0.05) is 0 Å². The number of methoxy groups -OCH3 is 3. The van der Waals surface area contributed by atoms with E-state index in [2.05, 4.69) is 0 Å². The van der Waals surface area contributed by atoms with Crippen LogP contribution in [0.3, 0.4) is 0 Å². The minimum atomic E-state index is -0.819. The zero-order valence-electron chi connectivity index (χ0n) is 11.3. The first kappa shape index (κ1) is 15.2. The van der Waals surface area contributed by atoms with Crippen LogP contribution in [-0.2, 0) is 28.5 Å². The third kappa shape index (κ3) is 2.77. The standard InChI is InChI=1S/C12H20O6/c1-6(13)8-10(15-3)12(17-5)11(16-4)9(18-8)7(2)14/h8-12H,1-5H3. The first-order valence-corrected chi connectivity index (χ1v) is 5.72. The van der Waals surface area contributed by atoms with Crippen LogP contribution in [0.4, 0.5) is 0 Å². The maximum absolute atomic E-state index is 11.6. The molecular weight excluding hydrogens is 240 g/mol. The maximum atomic E-state index is 11.6. The molecule has 1 heterocycles. The summed E-state index contributed by atoms with van der Waals surface area (Å²) in [7, 11) is 4.43. The van der Waals surface area contributed by atoms with Gasteiger partial charge >= 0.3 is 0 Å². The molecular formula is C12H20O6. The highest BCUT2D eigenvalue weighted by Crippen LogP contribution is 2.28. The van der Waals surface area contributed by atoms with Crippen molar-refractivity contribution in [2.45, 2.75) is 44.4 Å². The van der Waals surface area contributed by atoms with E-state index in [1.807, 2.05) is 0 Å². The topological polar surface area (TPSA) is 71.1 Å². The second-order valence-electron chi connectivity index (χ2n) is 4.30. The van der Waals surface area contributed by atoms with E-state index in [0.29, 0.717) is 0 Å². The smallest absolute Gasteiger partial charge is 0.161 e. The van der Waals surface area contributed by atoms with Crippen molar-refractivity contribution >= 4 is 11.6 Å². The molecule has 0 aromatic rings. The summed E-state index contributed by atoms with van der Waals surface area (Å²) < 4.78 is 21.4. The molecule has 18 heavy (non-hydrogen) atoms. The molecule has 0 saturated carbocycles. The van der Waals surface area contributed by atoms with E-state index < -0.39 is 30.5 Å². The molecule has 6 nitrogen and oxygen atoms in total. The number of hydrogen-bond donors (Lipinski definition) is 0. The molecule has 0 aliphatic carbocycles. The van der Waals surface area contributed by atoms with Gasteiger partial charge < -0.3 is 18.9 Å². The quantitative estimate of drug-likeness (QED) is 0.691. The predicted octanol–water partition coefficient (Wildman–Crippen LogP) is -0.0232. The average molecular weight is 260 g/mol. The summed E-state index contributed by atoms with van der Waals surface area (Å²) in [6, 6.07) is 0. The Morgan fingerprint density at radius 2 is 1.11 bits per heavy atom. The number of ether oxygens (including phenoxy) is 4. The molecule has 1 aliphatic rings. The van der Waals surface area contributed by atoms with E-state index in [1.54, 1.807) is 0 Å². The van der Waals surface area contributed by atoms with E-state index in [-0.39, 0.29) is 11.6 Å². The minimum absolute atomic E-state index is 0.204. The summed E-state index contributed by atoms with van der Waals surface area (Å²) in [6.45, 7) is 2.79. The fourth-order valence-electron chi connectivity index (χ4n) is 2.28. The first-order valence-electron chi connectivity index (χ1n) is 5.72. The number of hydrogen-bond acceptors (Lipinski definition) is 6. The van der Waals surface area contributed by atoms with Gasteiger partial charge in [0.05, 0.1) is 0 Å². The normalized spacial score (nSPS) is 36.4. The third-order valence-electron chi connectivity index (χ3n) is 3.16. The molecule has 1 aliphatic heterocycles. The second-order valence-corrected chi connectivity index (χ2v) is 4.30. The highest BCUT2D eigenvalue weighted by molar-refractivity contribution is 5.85. The molecule has 1 saturated heterocycles. The van der Waals surface area contributed by atoms with Gasteiger partial charge in [-0.05, 0) is 13.8 Å². The largest absolute Gasteiger partial charge is 0.376 e. The van der Waals surface area contributed by atoms with E-state index >= 15 is 0 Å². The van der Waals surface area contributed by atoms with E-state index in [1.165, 1.54) is 35.2 Å². The molecule has 4 unspecified atom stereocenters. The molecule has 0 N–H and O–H groups in total. The van der Waals surface area contributed by atoms with Gasteiger partial charge in [-0.25, -0.2) is 0 Å². The Morgan fingerprint density at radius 1 is 0.778 bits per heavy atom. The van der Waals surface area contributed by atoms with Gasteiger partial charge in [0, 0.05) is 21.3 Å². The van der Waals surface area contributed by atoms with Gasteiger partial charge in [-0.15, -0.1) is 0 Å². The van der Waals surface area contributed by atoms with Gasteiger partial charge in [0.15, 0.2) is 11.6 Å². The van der Waals surface area contributed by atoms with Crippen molar-refractivity contribution in [1.29, 1.82) is 0 Å². The van der Waals surface area contributed by atoms with Crippen molar-refractivity contribution in [2.75, 3.05) is 21.3 Å². The first-order chi connectivity index (χ1) is 8.47. The molecule has 6 heteroatoms. The predicted molar refractivity (Wildman–Crippen MR) is 62.4 cm³/mol. The van der Waals surface area contributed by atoms with Crippen LogP contribution in [0.15, 0.2) is 0 Å². The fourth-order valence-corrected chi connectivity index (χ4v) is 2.28. The van der Waals surface area contributed by atoms with Crippen molar-refractivity contribution in [3.63, 3.8) is 0 Å². The molecule has 4 atom stereocenters. The van der Waals surface area contributed by atoms with Crippen LogP contribution in [0.25, 0.3) is 0 Å². The lowest BCUT2D eigenvalue weighted by molar-refractivity contribution is -0.233. The lowest BCUT2D eigenvalue weighted by atomic mass is 9.91. The summed E-state index contributed by atoms with van der Waals surface area (Å²) in [6.07, 6.45) is -3.35. The number of ketones is 2. The van der Waals surface area contributed by atoms with Crippen LogP contribution >= 0.6 is 0 Å². The third-order valence-corrected chi connectivity index (χ3v) is 3.16. The highest BCUT2D eigenvalue weighted by atomic mass is 16.6. The summed E-state index contributed by atoms with van der Waals surface area (Å²) in [5, 5.41) is 0. The Hall–Kier alpha value is -0.820. The second kappa shape index (κ2) is 6.38. The monoisotopic (exact) mass is 260 g/mol. The Labute approximate surface area is 107 Å². The van der Waals surface area contributed by atoms with Gasteiger partial charge in [0.1, 0.15) is 30.5 Å². The number of carbonyl (C=O) groups is 2. The van der Waals surface area contributed by atoms with Crippen molar-refractivity contribution in [2.24, 2.45) is 0 Å². The summed E-state index contributed by atoms with van der Waals surface area (Å²) in [5.74, 6) is -0.408. The molecule has 0 amide bonds. The van der Waals surface area contributed by atoms with Crippen molar-refractivity contribution < 1.29 is 28.5 Å². The van der Waals surface area contributed by atoms with Crippen LogP contribution in [0.5, 0.6) is 0 Å². The fraction of sp³-hybridized carbons (Fsp3) is 0.833. The zero-order valence-corrected chi connectivity index (χ0v) is 11.3. The van der Waals surface area contributed by atoms with E-state index in [0.717, 1.165) is 0 Å². The van der Waals surface area contributed by atoms with E-state index in [4.69, 9.17) is 18.9 Å². The maximum Gasteiger partial charge on any atom is 0.161 e. The summed E-state index contributed by atoms with van der Waals surface area (Å²) >= 11 is 0. The number of rotatable bonds is 5. The Morgan fingerprint density at radius 3 is 1.33 bits per heavy atom. The Kier molecular flexibility index (Phi) is 5.40. The molecule has 104 valence electrons. The van der Waals surface area contributed by atoms with Crippen LogP contribution < -0.4 is 0 Å². The van der Waals surface area contributed by atoms with Crippen molar-refractivity contribution in [3.05, 3.63) is 0 Å². The van der Waals surface area contributed by atoms with Gasteiger partial charge in [0.25, 0.3) is 0 Å². The van der Waals surface area contributed by atoms with E-state index in [9.17, 15) is 9.59 Å². The highest BCUT2D eigenvalue weighted by Gasteiger charge is 2.50. The van der Waals surface area contributed by atoms with Gasteiger partial charge in [0.2, 0.25) is 0 Å². The molecule has 0 spiro atoms. The molecule has 1 rings (SSSR count). The Bertz CT molecular complexity index is 288. The van der Waals surface area contributed by atoms with Gasteiger partial charge in [-0.2, -0.15) is 0 Å². The molecule has 0 aromatic heterocycles. The number of carbonyl (C=O) groups excluding carboxylic acids is 2. The van der Waals surface area contributed by atoms with Crippen LogP contribution in [0, 0.1) is 0 Å². The molecule has 1 fully saturated rings. The van der Waals surface area contributed by atoms with Crippen LogP contribution in [-0.4, -0.2) is 63.4 Å². The molecule has 0 aromatic carbocycles. The van der Waals surface area contributed by atoms with Crippen LogP contribution in [0.2, 0.25) is 0 Å². The van der Waals surface area contributed by atoms with Crippen molar-refractivity contribution in [3.8, 4) is 0 Å². The minimum Gasteiger partial charge on any atom is -0.376 e. The lowest BCUT2D eigenvalue weighted by Gasteiger charge is -2.43. The summed E-state index contributed by atoms with van der Waals surface area (Å²) in [4.78, 5) is 23.2. The summed E-state index contributed by atoms with van der Waals surface area (Å²) in [5.41, 5.74) is 0. The Balaban J connectivity index is 3.07. The van der Waals surface area contributed by atoms with Gasteiger partial charge in [-0.3, -0.25) is 9.59 Å². The lowest BCUT2D eigenvalue weighted by Crippen LogP contribution is -2.62. The van der Waals surface area contributed by atoms with Crippen molar-refractivity contribution in [1.82, 2.24) is 0 Å². The van der Waals surface area contributed by atoms with Crippen LogP contribution in [0.1, 0.15) is 13.8 Å².